The van der Waals surface area contributed by atoms with Gasteiger partial charge in [-0.3, -0.25) is 9.59 Å². The molecule has 1 aromatic carbocycles. The van der Waals surface area contributed by atoms with Crippen LogP contribution in [0.5, 0.6) is 0 Å². The van der Waals surface area contributed by atoms with Crippen LogP contribution in [-0.2, 0) is 9.59 Å². The van der Waals surface area contributed by atoms with E-state index in [1.807, 2.05) is 29.1 Å². The molecular weight excluding hydrogens is 404 g/mol. The Bertz CT molecular complexity index is 980. The number of aromatic nitrogens is 6. The second-order valence-corrected chi connectivity index (χ2v) is 7.90. The van der Waals surface area contributed by atoms with Gasteiger partial charge in [-0.1, -0.05) is 24.6 Å². The summed E-state index contributed by atoms with van der Waals surface area (Å²) in [6, 6.07) is 9.44. The lowest BCUT2D eigenvalue weighted by atomic mass is 10.3. The van der Waals surface area contributed by atoms with Crippen molar-refractivity contribution in [2.45, 2.75) is 36.9 Å². The molecule has 11 heteroatoms. The number of hydrogen-bond acceptors (Lipinski definition) is 7. The van der Waals surface area contributed by atoms with Gasteiger partial charge in [0.15, 0.2) is 0 Å². The van der Waals surface area contributed by atoms with E-state index < -0.39 is 0 Å². The molecular formula is C19H22N8O2S. The highest BCUT2D eigenvalue weighted by Crippen LogP contribution is 2.31. The average Bonchev–Trinajstić information content (AvgIpc) is 3.53. The Morgan fingerprint density at radius 2 is 1.93 bits per heavy atom. The van der Waals surface area contributed by atoms with Crippen molar-refractivity contribution < 1.29 is 9.59 Å². The minimum Gasteiger partial charge on any atom is -0.346 e. The Morgan fingerprint density at radius 3 is 2.67 bits per heavy atom. The van der Waals surface area contributed by atoms with E-state index in [4.69, 9.17) is 0 Å². The number of amides is 2. The Hall–Kier alpha value is -3.21. The van der Waals surface area contributed by atoms with Crippen LogP contribution in [0.3, 0.4) is 0 Å². The fourth-order valence-electron chi connectivity index (χ4n) is 3.34. The molecule has 0 spiro atoms. The van der Waals surface area contributed by atoms with Crippen molar-refractivity contribution in [2.75, 3.05) is 17.6 Å². The van der Waals surface area contributed by atoms with Gasteiger partial charge >= 0.3 is 0 Å². The first-order valence-corrected chi connectivity index (χ1v) is 10.7. The molecule has 1 saturated carbocycles. The minimum atomic E-state index is -0.295. The van der Waals surface area contributed by atoms with Gasteiger partial charge in [0.25, 0.3) is 0 Å². The molecule has 0 saturated heterocycles. The monoisotopic (exact) mass is 426 g/mol. The summed E-state index contributed by atoms with van der Waals surface area (Å²) in [5.41, 5.74) is 1.54. The molecule has 156 valence electrons. The number of tetrazole rings is 1. The Labute approximate surface area is 177 Å². The summed E-state index contributed by atoms with van der Waals surface area (Å²) in [6.07, 6.45) is 8.02. The summed E-state index contributed by atoms with van der Waals surface area (Å²) in [5, 5.41) is 22.0. The van der Waals surface area contributed by atoms with Crippen molar-refractivity contribution in [2.24, 2.45) is 0 Å². The first-order chi connectivity index (χ1) is 14.7. The molecule has 2 amide bonds. The summed E-state index contributed by atoms with van der Waals surface area (Å²) < 4.78 is 3.54. The Kier molecular flexibility index (Phi) is 6.38. The lowest BCUT2D eigenvalue weighted by Crippen LogP contribution is -2.34. The minimum absolute atomic E-state index is 0.103. The molecule has 2 heterocycles. The van der Waals surface area contributed by atoms with Crippen LogP contribution in [0.2, 0.25) is 0 Å². The first kappa shape index (κ1) is 20.1. The van der Waals surface area contributed by atoms with Gasteiger partial charge in [0.1, 0.15) is 0 Å². The molecule has 1 aliphatic rings. The van der Waals surface area contributed by atoms with E-state index in [0.29, 0.717) is 16.9 Å². The molecule has 30 heavy (non-hydrogen) atoms. The molecule has 1 aliphatic carbocycles. The highest BCUT2D eigenvalue weighted by molar-refractivity contribution is 7.99. The molecule has 0 unspecified atom stereocenters. The molecule has 0 atom stereocenters. The number of nitrogens with one attached hydrogen (secondary N) is 2. The van der Waals surface area contributed by atoms with Crippen molar-refractivity contribution in [3.8, 4) is 5.69 Å². The van der Waals surface area contributed by atoms with Crippen molar-refractivity contribution in [1.82, 2.24) is 35.3 Å². The van der Waals surface area contributed by atoms with Gasteiger partial charge in [0, 0.05) is 18.1 Å². The average molecular weight is 427 g/mol. The number of anilines is 1. The fraction of sp³-hybridized carbons (Fsp3) is 0.368. The third-order valence-electron chi connectivity index (χ3n) is 4.83. The SMILES string of the molecule is O=C(CSc1nnnn1C1CCCC1)NCC(=O)Nc1ccc(-n2cccn2)cc1. The Morgan fingerprint density at radius 1 is 1.13 bits per heavy atom. The largest absolute Gasteiger partial charge is 0.346 e. The lowest BCUT2D eigenvalue weighted by molar-refractivity contribution is -0.122. The maximum absolute atomic E-state index is 12.1. The van der Waals surface area contributed by atoms with E-state index in [1.54, 1.807) is 23.0 Å². The molecule has 0 radical (unpaired) electrons. The van der Waals surface area contributed by atoms with Crippen molar-refractivity contribution >= 4 is 29.3 Å². The molecule has 4 rings (SSSR count). The molecule has 1 fully saturated rings. The molecule has 2 aromatic heterocycles. The van der Waals surface area contributed by atoms with Crippen LogP contribution < -0.4 is 10.6 Å². The van der Waals surface area contributed by atoms with Gasteiger partial charge in [0.2, 0.25) is 17.0 Å². The van der Waals surface area contributed by atoms with Gasteiger partial charge in [-0.2, -0.15) is 5.10 Å². The van der Waals surface area contributed by atoms with E-state index in [-0.39, 0.29) is 24.1 Å². The van der Waals surface area contributed by atoms with Crippen LogP contribution in [0.25, 0.3) is 5.69 Å². The van der Waals surface area contributed by atoms with Crippen LogP contribution >= 0.6 is 11.8 Å². The maximum atomic E-state index is 12.1. The normalized spacial score (nSPS) is 14.0. The van der Waals surface area contributed by atoms with Gasteiger partial charge in [-0.25, -0.2) is 9.36 Å². The second kappa shape index (κ2) is 9.53. The second-order valence-electron chi connectivity index (χ2n) is 6.96. The number of benzene rings is 1. The standard InChI is InChI=1S/C19H22N8O2S/c28-17(22-14-6-8-15(9-7-14)26-11-3-10-21-26)12-20-18(29)13-30-19-23-24-25-27(19)16-4-1-2-5-16/h3,6-11,16H,1-2,4-5,12-13H2,(H,20,29)(H,22,28). The number of rotatable bonds is 8. The number of hydrogen-bond donors (Lipinski definition) is 2. The molecule has 0 aliphatic heterocycles. The van der Waals surface area contributed by atoms with Crippen LogP contribution in [0.1, 0.15) is 31.7 Å². The molecule has 2 N–H and O–H groups in total. The molecule has 0 bridgehead atoms. The van der Waals surface area contributed by atoms with E-state index in [2.05, 4.69) is 31.3 Å². The zero-order chi connectivity index (χ0) is 20.8. The van der Waals surface area contributed by atoms with Gasteiger partial charge in [0.05, 0.1) is 24.0 Å². The fourth-order valence-corrected chi connectivity index (χ4v) is 4.12. The van der Waals surface area contributed by atoms with Crippen molar-refractivity contribution in [3.63, 3.8) is 0 Å². The summed E-state index contributed by atoms with van der Waals surface area (Å²) >= 11 is 1.28. The van der Waals surface area contributed by atoms with E-state index in [0.717, 1.165) is 18.5 Å². The third-order valence-corrected chi connectivity index (χ3v) is 5.77. The van der Waals surface area contributed by atoms with Crippen LogP contribution in [0.4, 0.5) is 5.69 Å². The predicted octanol–water partition coefficient (Wildman–Crippen LogP) is 1.82. The zero-order valence-electron chi connectivity index (χ0n) is 16.3. The van der Waals surface area contributed by atoms with E-state index >= 15 is 0 Å². The first-order valence-electron chi connectivity index (χ1n) is 9.76. The van der Waals surface area contributed by atoms with E-state index in [9.17, 15) is 9.59 Å². The Balaban J connectivity index is 1.20. The summed E-state index contributed by atoms with van der Waals surface area (Å²) in [6.45, 7) is -0.103. The number of nitrogens with zero attached hydrogens (tertiary/aromatic N) is 6. The summed E-state index contributed by atoms with van der Waals surface area (Å²) in [7, 11) is 0. The number of thioether (sulfide) groups is 1. The van der Waals surface area contributed by atoms with E-state index in [1.165, 1.54) is 24.6 Å². The molecule has 3 aromatic rings. The number of carbonyl (C=O) groups excluding carboxylic acids is 2. The zero-order valence-corrected chi connectivity index (χ0v) is 17.1. The summed E-state index contributed by atoms with van der Waals surface area (Å²) in [4.78, 5) is 24.2. The van der Waals surface area contributed by atoms with Crippen LogP contribution in [0.15, 0.2) is 47.9 Å². The van der Waals surface area contributed by atoms with Crippen LogP contribution in [-0.4, -0.2) is 54.1 Å². The predicted molar refractivity (Wildman–Crippen MR) is 111 cm³/mol. The third kappa shape index (κ3) is 5.03. The van der Waals surface area contributed by atoms with Crippen molar-refractivity contribution in [1.29, 1.82) is 0 Å². The van der Waals surface area contributed by atoms with Crippen LogP contribution in [0, 0.1) is 0 Å². The highest BCUT2D eigenvalue weighted by Gasteiger charge is 2.22. The van der Waals surface area contributed by atoms with Gasteiger partial charge in [-0.15, -0.1) is 5.10 Å². The smallest absolute Gasteiger partial charge is 0.243 e. The summed E-state index contributed by atoms with van der Waals surface area (Å²) in [5.74, 6) is -0.389. The topological polar surface area (TPSA) is 120 Å². The lowest BCUT2D eigenvalue weighted by Gasteiger charge is -2.11. The van der Waals surface area contributed by atoms with Crippen molar-refractivity contribution in [3.05, 3.63) is 42.7 Å². The molecule has 10 nitrogen and oxygen atoms in total. The quantitative estimate of drug-likeness (QED) is 0.527. The highest BCUT2D eigenvalue weighted by atomic mass is 32.2. The number of carbonyl (C=O) groups is 2. The van der Waals surface area contributed by atoms with Gasteiger partial charge < -0.3 is 10.6 Å². The van der Waals surface area contributed by atoms with Gasteiger partial charge in [-0.05, 0) is 53.6 Å². The maximum Gasteiger partial charge on any atom is 0.243 e.